The molecule has 0 spiro atoms. The fourth-order valence-electron chi connectivity index (χ4n) is 3.81. The molecule has 110 valence electrons. The van der Waals surface area contributed by atoms with Crippen molar-refractivity contribution in [1.82, 2.24) is 10.2 Å². The van der Waals surface area contributed by atoms with E-state index in [2.05, 4.69) is 40.5 Å². The SMILES string of the molecule is c1ccc(CN2CCCCC2CC2CCCCN2)cc1. The van der Waals surface area contributed by atoms with Gasteiger partial charge in [0.15, 0.2) is 0 Å². The van der Waals surface area contributed by atoms with Gasteiger partial charge in [0.1, 0.15) is 0 Å². The van der Waals surface area contributed by atoms with E-state index in [-0.39, 0.29) is 0 Å². The fraction of sp³-hybridized carbons (Fsp3) is 0.667. The van der Waals surface area contributed by atoms with Crippen molar-refractivity contribution in [2.45, 2.75) is 63.6 Å². The third-order valence-corrected chi connectivity index (χ3v) is 4.95. The van der Waals surface area contributed by atoms with E-state index in [9.17, 15) is 0 Å². The van der Waals surface area contributed by atoms with Crippen molar-refractivity contribution in [1.29, 1.82) is 0 Å². The first-order chi connectivity index (χ1) is 9.92. The molecule has 2 fully saturated rings. The molecular formula is C18H28N2. The second-order valence-electron chi connectivity index (χ2n) is 6.49. The molecule has 0 aromatic heterocycles. The first-order valence-electron chi connectivity index (χ1n) is 8.43. The Labute approximate surface area is 123 Å². The normalized spacial score (nSPS) is 28.4. The summed E-state index contributed by atoms with van der Waals surface area (Å²) in [5.41, 5.74) is 1.47. The lowest BCUT2D eigenvalue weighted by molar-refractivity contribution is 0.118. The summed E-state index contributed by atoms with van der Waals surface area (Å²) < 4.78 is 0. The van der Waals surface area contributed by atoms with E-state index in [1.807, 2.05) is 0 Å². The number of likely N-dealkylation sites (tertiary alicyclic amines) is 1. The largest absolute Gasteiger partial charge is 0.314 e. The summed E-state index contributed by atoms with van der Waals surface area (Å²) in [6, 6.07) is 12.5. The standard InChI is InChI=1S/C18H28N2/c1-2-8-16(9-3-1)15-20-13-7-5-11-18(20)14-17-10-4-6-12-19-17/h1-3,8-9,17-19H,4-7,10-15H2. The number of nitrogens with zero attached hydrogens (tertiary/aromatic N) is 1. The minimum absolute atomic E-state index is 0.769. The number of piperidine rings is 2. The van der Waals surface area contributed by atoms with Gasteiger partial charge in [-0.25, -0.2) is 0 Å². The van der Waals surface area contributed by atoms with Gasteiger partial charge in [0.25, 0.3) is 0 Å². The first-order valence-corrected chi connectivity index (χ1v) is 8.43. The van der Waals surface area contributed by atoms with Crippen LogP contribution >= 0.6 is 0 Å². The Morgan fingerprint density at radius 2 is 1.85 bits per heavy atom. The smallest absolute Gasteiger partial charge is 0.0236 e. The van der Waals surface area contributed by atoms with Crippen molar-refractivity contribution in [2.24, 2.45) is 0 Å². The van der Waals surface area contributed by atoms with Crippen LogP contribution in [0.4, 0.5) is 0 Å². The molecule has 2 nitrogen and oxygen atoms in total. The van der Waals surface area contributed by atoms with Gasteiger partial charge in [-0.1, -0.05) is 43.2 Å². The van der Waals surface area contributed by atoms with Gasteiger partial charge in [0.05, 0.1) is 0 Å². The highest BCUT2D eigenvalue weighted by Gasteiger charge is 2.26. The first kappa shape index (κ1) is 14.1. The Morgan fingerprint density at radius 1 is 1.00 bits per heavy atom. The van der Waals surface area contributed by atoms with Crippen LogP contribution in [0.2, 0.25) is 0 Å². The predicted octanol–water partition coefficient (Wildman–Crippen LogP) is 3.57. The summed E-state index contributed by atoms with van der Waals surface area (Å²) in [7, 11) is 0. The van der Waals surface area contributed by atoms with Gasteiger partial charge in [-0.2, -0.15) is 0 Å². The number of benzene rings is 1. The highest BCUT2D eigenvalue weighted by atomic mass is 15.2. The average Bonchev–Trinajstić information content (AvgIpc) is 2.51. The van der Waals surface area contributed by atoms with E-state index in [1.54, 1.807) is 0 Å². The Hall–Kier alpha value is -0.860. The molecule has 2 aliphatic rings. The Morgan fingerprint density at radius 3 is 2.65 bits per heavy atom. The maximum atomic E-state index is 3.72. The van der Waals surface area contributed by atoms with E-state index < -0.39 is 0 Å². The van der Waals surface area contributed by atoms with Gasteiger partial charge in [0.2, 0.25) is 0 Å². The quantitative estimate of drug-likeness (QED) is 0.901. The maximum Gasteiger partial charge on any atom is 0.0236 e. The summed E-state index contributed by atoms with van der Waals surface area (Å²) in [5, 5.41) is 3.72. The second kappa shape index (κ2) is 7.24. The van der Waals surface area contributed by atoms with Crippen LogP contribution in [0.3, 0.4) is 0 Å². The lowest BCUT2D eigenvalue weighted by Crippen LogP contribution is -2.45. The van der Waals surface area contributed by atoms with Crippen LogP contribution in [0, 0.1) is 0 Å². The summed E-state index contributed by atoms with van der Waals surface area (Å²) in [6.07, 6.45) is 9.72. The number of rotatable bonds is 4. The molecule has 2 atom stereocenters. The van der Waals surface area contributed by atoms with E-state index in [1.165, 1.54) is 63.6 Å². The minimum atomic E-state index is 0.769. The van der Waals surface area contributed by atoms with Crippen LogP contribution in [0.5, 0.6) is 0 Å². The van der Waals surface area contributed by atoms with Crippen LogP contribution < -0.4 is 5.32 Å². The average molecular weight is 272 g/mol. The maximum absolute atomic E-state index is 3.72. The summed E-state index contributed by atoms with van der Waals surface area (Å²) >= 11 is 0. The summed E-state index contributed by atoms with van der Waals surface area (Å²) in [5.74, 6) is 0. The highest BCUT2D eigenvalue weighted by molar-refractivity contribution is 5.14. The molecular weight excluding hydrogens is 244 g/mol. The van der Waals surface area contributed by atoms with Crippen LogP contribution in [0.1, 0.15) is 50.5 Å². The lowest BCUT2D eigenvalue weighted by Gasteiger charge is -2.38. The molecule has 0 aliphatic carbocycles. The minimum Gasteiger partial charge on any atom is -0.314 e. The fourth-order valence-corrected chi connectivity index (χ4v) is 3.81. The van der Waals surface area contributed by atoms with Crippen molar-refractivity contribution < 1.29 is 0 Å². The molecule has 0 bridgehead atoms. The van der Waals surface area contributed by atoms with Crippen molar-refractivity contribution in [3.63, 3.8) is 0 Å². The second-order valence-corrected chi connectivity index (χ2v) is 6.49. The van der Waals surface area contributed by atoms with Crippen LogP contribution in [-0.4, -0.2) is 30.1 Å². The molecule has 2 heterocycles. The lowest BCUT2D eigenvalue weighted by atomic mass is 9.91. The molecule has 1 aromatic carbocycles. The van der Waals surface area contributed by atoms with E-state index in [0.29, 0.717) is 0 Å². The molecule has 0 radical (unpaired) electrons. The Balaban J connectivity index is 1.58. The zero-order valence-electron chi connectivity index (χ0n) is 12.6. The third kappa shape index (κ3) is 3.83. The van der Waals surface area contributed by atoms with Gasteiger partial charge in [0, 0.05) is 18.6 Å². The molecule has 2 aliphatic heterocycles. The van der Waals surface area contributed by atoms with Crippen LogP contribution in [0.15, 0.2) is 30.3 Å². The molecule has 2 unspecified atom stereocenters. The third-order valence-electron chi connectivity index (χ3n) is 4.95. The molecule has 1 N–H and O–H groups in total. The van der Waals surface area contributed by atoms with Crippen LogP contribution in [-0.2, 0) is 6.54 Å². The van der Waals surface area contributed by atoms with E-state index in [4.69, 9.17) is 0 Å². The highest BCUT2D eigenvalue weighted by Crippen LogP contribution is 2.25. The van der Waals surface area contributed by atoms with Gasteiger partial charge >= 0.3 is 0 Å². The van der Waals surface area contributed by atoms with Crippen molar-refractivity contribution in [3.05, 3.63) is 35.9 Å². The molecule has 0 amide bonds. The number of hydrogen-bond acceptors (Lipinski definition) is 2. The summed E-state index contributed by atoms with van der Waals surface area (Å²) in [4.78, 5) is 2.73. The zero-order valence-corrected chi connectivity index (χ0v) is 12.6. The van der Waals surface area contributed by atoms with Gasteiger partial charge < -0.3 is 5.32 Å². The number of nitrogens with one attached hydrogen (secondary N) is 1. The van der Waals surface area contributed by atoms with E-state index >= 15 is 0 Å². The molecule has 20 heavy (non-hydrogen) atoms. The van der Waals surface area contributed by atoms with Gasteiger partial charge in [-0.3, -0.25) is 4.90 Å². The molecule has 2 saturated heterocycles. The van der Waals surface area contributed by atoms with Gasteiger partial charge in [-0.15, -0.1) is 0 Å². The van der Waals surface area contributed by atoms with Crippen molar-refractivity contribution >= 4 is 0 Å². The van der Waals surface area contributed by atoms with Crippen LogP contribution in [0.25, 0.3) is 0 Å². The molecule has 1 aromatic rings. The molecule has 0 saturated carbocycles. The van der Waals surface area contributed by atoms with Crippen molar-refractivity contribution in [3.8, 4) is 0 Å². The molecule has 3 rings (SSSR count). The topological polar surface area (TPSA) is 15.3 Å². The number of hydrogen-bond donors (Lipinski definition) is 1. The monoisotopic (exact) mass is 272 g/mol. The predicted molar refractivity (Wildman–Crippen MR) is 84.7 cm³/mol. The van der Waals surface area contributed by atoms with Gasteiger partial charge in [-0.05, 0) is 50.8 Å². The Bertz CT molecular complexity index is 384. The zero-order chi connectivity index (χ0) is 13.6. The Kier molecular flexibility index (Phi) is 5.10. The van der Waals surface area contributed by atoms with Crippen molar-refractivity contribution in [2.75, 3.05) is 13.1 Å². The molecule has 2 heteroatoms. The van der Waals surface area contributed by atoms with E-state index in [0.717, 1.165) is 18.6 Å². The summed E-state index contributed by atoms with van der Waals surface area (Å²) in [6.45, 7) is 3.65.